The Morgan fingerprint density at radius 1 is 1.23 bits per heavy atom. The molecule has 0 unspecified atom stereocenters. The van der Waals surface area contributed by atoms with Crippen LogP contribution in [0.4, 0.5) is 0 Å². The molecule has 0 atom stereocenters. The Morgan fingerprint density at radius 2 is 1.77 bits per heavy atom. The molecule has 9 heteroatoms. The Morgan fingerprint density at radius 3 is 2.27 bits per heavy atom. The Labute approximate surface area is 142 Å². The molecule has 0 spiro atoms. The van der Waals surface area contributed by atoms with Crippen LogP contribution in [0.15, 0.2) is 29.2 Å². The number of benzene rings is 1. The van der Waals surface area contributed by atoms with Gasteiger partial charge in [-0.2, -0.15) is 4.31 Å². The maximum atomic E-state index is 12.3. The van der Waals surface area contributed by atoms with Crippen molar-refractivity contribution in [3.05, 3.63) is 29.3 Å². The van der Waals surface area contributed by atoms with E-state index < -0.39 is 10.0 Å². The van der Waals surface area contributed by atoms with Crippen LogP contribution in [0, 0.1) is 0 Å². The van der Waals surface area contributed by atoms with Crippen molar-refractivity contribution in [2.24, 2.45) is 0 Å². The fraction of sp³-hybridized carbons (Fsp3) is 0.462. The van der Waals surface area contributed by atoms with Crippen molar-refractivity contribution < 1.29 is 13.2 Å². The molecular weight excluding hydrogens is 349 g/mol. The van der Waals surface area contributed by atoms with E-state index in [0.29, 0.717) is 18.1 Å². The van der Waals surface area contributed by atoms with E-state index in [1.54, 1.807) is 14.1 Å². The summed E-state index contributed by atoms with van der Waals surface area (Å²) in [6, 6.07) is 5.85. The number of halogens is 2. The van der Waals surface area contributed by atoms with Crippen LogP contribution < -0.4 is 5.32 Å². The van der Waals surface area contributed by atoms with Crippen LogP contribution in [0.2, 0.25) is 5.02 Å². The van der Waals surface area contributed by atoms with Crippen molar-refractivity contribution in [2.75, 3.05) is 40.8 Å². The van der Waals surface area contributed by atoms with Gasteiger partial charge in [0.1, 0.15) is 0 Å². The molecule has 0 saturated carbocycles. The highest BCUT2D eigenvalue weighted by Crippen LogP contribution is 2.17. The molecule has 1 aromatic rings. The van der Waals surface area contributed by atoms with Crippen molar-refractivity contribution in [2.45, 2.75) is 4.90 Å². The lowest BCUT2D eigenvalue weighted by Crippen LogP contribution is -2.41. The molecule has 0 bridgehead atoms. The number of carbonyl (C=O) groups is 1. The minimum absolute atomic E-state index is 0. The minimum atomic E-state index is -3.69. The van der Waals surface area contributed by atoms with Gasteiger partial charge in [0, 0.05) is 32.2 Å². The first-order valence-corrected chi connectivity index (χ1v) is 8.21. The van der Waals surface area contributed by atoms with Crippen LogP contribution in [-0.2, 0) is 14.8 Å². The van der Waals surface area contributed by atoms with E-state index in [-0.39, 0.29) is 29.8 Å². The fourth-order valence-corrected chi connectivity index (χ4v) is 2.83. The predicted octanol–water partition coefficient (Wildman–Crippen LogP) is 1.06. The smallest absolute Gasteiger partial charge is 0.243 e. The van der Waals surface area contributed by atoms with E-state index in [1.807, 2.05) is 0 Å². The van der Waals surface area contributed by atoms with Gasteiger partial charge in [0.2, 0.25) is 15.9 Å². The molecule has 0 heterocycles. The number of hydrogen-bond acceptors (Lipinski definition) is 4. The standard InChI is InChI=1S/C13H20ClN3O3S.ClH/c1-15-8-9-16(2)13(18)10-17(3)21(19,20)12-6-4-11(14)5-7-12;/h4-7,15H,8-10H2,1-3H3;1H. The second kappa shape index (κ2) is 9.32. The minimum Gasteiger partial charge on any atom is -0.343 e. The van der Waals surface area contributed by atoms with Crippen LogP contribution in [0.1, 0.15) is 0 Å². The van der Waals surface area contributed by atoms with Gasteiger partial charge in [0.25, 0.3) is 0 Å². The Bertz CT molecular complexity index is 579. The molecule has 0 aromatic heterocycles. The van der Waals surface area contributed by atoms with Gasteiger partial charge < -0.3 is 10.2 Å². The zero-order chi connectivity index (χ0) is 16.0. The number of carbonyl (C=O) groups excluding carboxylic acids is 1. The number of sulfonamides is 1. The second-order valence-electron chi connectivity index (χ2n) is 4.63. The zero-order valence-electron chi connectivity index (χ0n) is 12.7. The summed E-state index contributed by atoms with van der Waals surface area (Å²) < 4.78 is 25.7. The molecule has 1 amide bonds. The van der Waals surface area contributed by atoms with Crippen molar-refractivity contribution in [3.63, 3.8) is 0 Å². The number of amides is 1. The lowest BCUT2D eigenvalue weighted by atomic mass is 10.4. The molecule has 1 N–H and O–H groups in total. The summed E-state index contributed by atoms with van der Waals surface area (Å²) >= 11 is 5.74. The van der Waals surface area contributed by atoms with Crippen LogP contribution >= 0.6 is 24.0 Å². The van der Waals surface area contributed by atoms with Crippen LogP contribution in [0.5, 0.6) is 0 Å². The van der Waals surface area contributed by atoms with Crippen molar-refractivity contribution in [3.8, 4) is 0 Å². The largest absolute Gasteiger partial charge is 0.343 e. The monoisotopic (exact) mass is 369 g/mol. The summed E-state index contributed by atoms with van der Waals surface area (Å²) in [5.41, 5.74) is 0. The van der Waals surface area contributed by atoms with Crippen LogP contribution in [0.3, 0.4) is 0 Å². The third kappa shape index (κ3) is 5.73. The summed E-state index contributed by atoms with van der Waals surface area (Å²) in [6.45, 7) is 0.964. The number of hydrogen-bond donors (Lipinski definition) is 1. The van der Waals surface area contributed by atoms with Gasteiger partial charge in [-0.15, -0.1) is 12.4 Å². The SMILES string of the molecule is CNCCN(C)C(=O)CN(C)S(=O)(=O)c1ccc(Cl)cc1.Cl. The van der Waals surface area contributed by atoms with Crippen LogP contribution in [0.25, 0.3) is 0 Å². The second-order valence-corrected chi connectivity index (χ2v) is 7.12. The highest BCUT2D eigenvalue weighted by Gasteiger charge is 2.24. The Balaban J connectivity index is 0.00000441. The average Bonchev–Trinajstić information content (AvgIpc) is 2.44. The molecule has 0 radical (unpaired) electrons. The van der Waals surface area contributed by atoms with Gasteiger partial charge in [-0.1, -0.05) is 11.6 Å². The number of rotatable bonds is 7. The number of likely N-dealkylation sites (N-methyl/N-ethyl adjacent to an activating group) is 3. The van der Waals surface area contributed by atoms with Gasteiger partial charge in [0.05, 0.1) is 11.4 Å². The topological polar surface area (TPSA) is 69.7 Å². The molecule has 0 aliphatic rings. The van der Waals surface area contributed by atoms with Crippen LogP contribution in [-0.4, -0.2) is 64.3 Å². The molecular formula is C13H21Cl2N3O3S. The molecule has 22 heavy (non-hydrogen) atoms. The molecule has 0 aliphatic heterocycles. The molecule has 1 rings (SSSR count). The summed E-state index contributed by atoms with van der Waals surface area (Å²) in [4.78, 5) is 13.6. The fourth-order valence-electron chi connectivity index (χ4n) is 1.59. The van der Waals surface area contributed by atoms with Crippen molar-refractivity contribution in [1.82, 2.24) is 14.5 Å². The molecule has 0 saturated heterocycles. The summed E-state index contributed by atoms with van der Waals surface area (Å²) in [5.74, 6) is -0.259. The molecule has 1 aromatic carbocycles. The first-order valence-electron chi connectivity index (χ1n) is 6.39. The van der Waals surface area contributed by atoms with Gasteiger partial charge in [0.15, 0.2) is 0 Å². The number of nitrogens with zero attached hydrogens (tertiary/aromatic N) is 2. The first kappa shape index (κ1) is 21.1. The highest BCUT2D eigenvalue weighted by molar-refractivity contribution is 7.89. The van der Waals surface area contributed by atoms with E-state index in [2.05, 4.69) is 5.32 Å². The first-order chi connectivity index (χ1) is 9.78. The van der Waals surface area contributed by atoms with Crippen molar-refractivity contribution in [1.29, 1.82) is 0 Å². The highest BCUT2D eigenvalue weighted by atomic mass is 35.5. The molecule has 126 valence electrons. The quantitative estimate of drug-likeness (QED) is 0.779. The predicted molar refractivity (Wildman–Crippen MR) is 90.1 cm³/mol. The molecule has 0 fully saturated rings. The summed E-state index contributed by atoms with van der Waals surface area (Å²) in [5, 5.41) is 3.39. The van der Waals surface area contributed by atoms with E-state index >= 15 is 0 Å². The van der Waals surface area contributed by atoms with Crippen molar-refractivity contribution >= 4 is 39.9 Å². The van der Waals surface area contributed by atoms with Gasteiger partial charge in [-0.05, 0) is 31.3 Å². The summed E-state index contributed by atoms with van der Waals surface area (Å²) in [7, 11) is 1.12. The molecule has 0 aliphatic carbocycles. The lowest BCUT2D eigenvalue weighted by Gasteiger charge is -2.21. The molecule has 6 nitrogen and oxygen atoms in total. The zero-order valence-corrected chi connectivity index (χ0v) is 15.1. The normalized spacial score (nSPS) is 11.1. The van der Waals surface area contributed by atoms with E-state index in [9.17, 15) is 13.2 Å². The Hall–Kier alpha value is -0.860. The van der Waals surface area contributed by atoms with E-state index in [1.165, 1.54) is 36.2 Å². The maximum absolute atomic E-state index is 12.3. The Kier molecular flexibility index (Phi) is 8.95. The maximum Gasteiger partial charge on any atom is 0.243 e. The van der Waals surface area contributed by atoms with Gasteiger partial charge in [-0.3, -0.25) is 4.79 Å². The lowest BCUT2D eigenvalue weighted by molar-refractivity contribution is -0.129. The number of nitrogens with one attached hydrogen (secondary N) is 1. The average molecular weight is 370 g/mol. The van der Waals surface area contributed by atoms with E-state index in [4.69, 9.17) is 11.6 Å². The third-order valence-electron chi connectivity index (χ3n) is 3.00. The summed E-state index contributed by atoms with van der Waals surface area (Å²) in [6.07, 6.45) is 0. The van der Waals surface area contributed by atoms with Gasteiger partial charge >= 0.3 is 0 Å². The third-order valence-corrected chi connectivity index (χ3v) is 5.07. The van der Waals surface area contributed by atoms with E-state index in [0.717, 1.165) is 4.31 Å². The van der Waals surface area contributed by atoms with Gasteiger partial charge in [-0.25, -0.2) is 8.42 Å².